The molecule has 4 nitrogen and oxygen atoms in total. The van der Waals surface area contributed by atoms with Crippen molar-refractivity contribution in [1.82, 2.24) is 4.90 Å². The second-order valence-electron chi connectivity index (χ2n) is 5.70. The van der Waals surface area contributed by atoms with Crippen LogP contribution in [0.5, 0.6) is 0 Å². The van der Waals surface area contributed by atoms with Gasteiger partial charge in [-0.15, -0.1) is 0 Å². The highest BCUT2D eigenvalue weighted by Crippen LogP contribution is 2.34. The lowest BCUT2D eigenvalue weighted by molar-refractivity contribution is -0.135. The van der Waals surface area contributed by atoms with Crippen molar-refractivity contribution in [3.05, 3.63) is 35.9 Å². The summed E-state index contributed by atoms with van der Waals surface area (Å²) in [5.74, 6) is -0.112. The van der Waals surface area contributed by atoms with E-state index in [1.54, 1.807) is 0 Å². The third kappa shape index (κ3) is 2.59. The fraction of sp³-hybridized carbons (Fsp3) is 0.533. The molecule has 0 aliphatic carbocycles. The fourth-order valence-corrected chi connectivity index (χ4v) is 5.01. The molecule has 0 aromatic heterocycles. The molecule has 108 valence electrons. The summed E-state index contributed by atoms with van der Waals surface area (Å²) in [7, 11) is -3.00. The molecule has 2 saturated heterocycles. The Balaban J connectivity index is 1.78. The highest BCUT2D eigenvalue weighted by molar-refractivity contribution is 7.91. The van der Waals surface area contributed by atoms with Crippen LogP contribution in [0.3, 0.4) is 0 Å². The van der Waals surface area contributed by atoms with E-state index in [-0.39, 0.29) is 29.4 Å². The molecule has 0 saturated carbocycles. The van der Waals surface area contributed by atoms with Crippen LogP contribution in [0.15, 0.2) is 30.3 Å². The SMILES string of the molecule is O=C([C@@H]1CCS(=O)(=O)C1)N1CCC[C@H]1c1ccccc1. The Kier molecular flexibility index (Phi) is 3.54. The van der Waals surface area contributed by atoms with E-state index in [1.807, 2.05) is 35.2 Å². The molecule has 2 fully saturated rings. The van der Waals surface area contributed by atoms with Gasteiger partial charge in [-0.05, 0) is 24.8 Å². The Morgan fingerprint density at radius 2 is 1.90 bits per heavy atom. The molecule has 1 aromatic carbocycles. The molecule has 0 N–H and O–H groups in total. The van der Waals surface area contributed by atoms with Crippen LogP contribution < -0.4 is 0 Å². The number of carbonyl (C=O) groups is 1. The topological polar surface area (TPSA) is 54.5 Å². The zero-order valence-electron chi connectivity index (χ0n) is 11.4. The predicted molar refractivity (Wildman–Crippen MR) is 76.9 cm³/mol. The molecule has 0 bridgehead atoms. The van der Waals surface area contributed by atoms with Gasteiger partial charge in [0, 0.05) is 6.54 Å². The molecule has 0 radical (unpaired) electrons. The van der Waals surface area contributed by atoms with Gasteiger partial charge in [0.05, 0.1) is 23.5 Å². The van der Waals surface area contributed by atoms with Crippen molar-refractivity contribution in [2.75, 3.05) is 18.1 Å². The minimum Gasteiger partial charge on any atom is -0.335 e. The van der Waals surface area contributed by atoms with Crippen molar-refractivity contribution in [3.8, 4) is 0 Å². The average Bonchev–Trinajstić information content (AvgIpc) is 3.05. The normalized spacial score (nSPS) is 28.7. The number of rotatable bonds is 2. The molecule has 3 rings (SSSR count). The zero-order valence-corrected chi connectivity index (χ0v) is 12.2. The lowest BCUT2D eigenvalue weighted by atomic mass is 10.0. The lowest BCUT2D eigenvalue weighted by Gasteiger charge is -2.27. The predicted octanol–water partition coefficient (Wildman–Crippen LogP) is 1.78. The van der Waals surface area contributed by atoms with Gasteiger partial charge in [-0.3, -0.25) is 4.79 Å². The van der Waals surface area contributed by atoms with E-state index in [0.29, 0.717) is 6.42 Å². The minimum atomic E-state index is -3.00. The van der Waals surface area contributed by atoms with Crippen LogP contribution in [0.4, 0.5) is 0 Å². The number of benzene rings is 1. The molecule has 2 atom stereocenters. The van der Waals surface area contributed by atoms with Gasteiger partial charge in [0.1, 0.15) is 0 Å². The zero-order chi connectivity index (χ0) is 14.2. The Labute approximate surface area is 119 Å². The molecular formula is C15H19NO3S. The number of carbonyl (C=O) groups excluding carboxylic acids is 1. The fourth-order valence-electron chi connectivity index (χ4n) is 3.28. The van der Waals surface area contributed by atoms with Crippen molar-refractivity contribution < 1.29 is 13.2 Å². The largest absolute Gasteiger partial charge is 0.335 e. The van der Waals surface area contributed by atoms with E-state index in [0.717, 1.165) is 24.9 Å². The minimum absolute atomic E-state index is 0.0254. The van der Waals surface area contributed by atoms with Crippen molar-refractivity contribution >= 4 is 15.7 Å². The molecule has 0 spiro atoms. The first-order chi connectivity index (χ1) is 9.57. The van der Waals surface area contributed by atoms with Crippen LogP contribution in [0.2, 0.25) is 0 Å². The third-order valence-corrected chi connectivity index (χ3v) is 6.07. The van der Waals surface area contributed by atoms with E-state index in [9.17, 15) is 13.2 Å². The molecule has 2 aliphatic rings. The van der Waals surface area contributed by atoms with E-state index >= 15 is 0 Å². The van der Waals surface area contributed by atoms with Gasteiger partial charge in [0.2, 0.25) is 5.91 Å². The number of hydrogen-bond donors (Lipinski definition) is 0. The molecule has 20 heavy (non-hydrogen) atoms. The van der Waals surface area contributed by atoms with Crippen LogP contribution in [0.1, 0.15) is 30.9 Å². The van der Waals surface area contributed by atoms with Gasteiger partial charge in [-0.2, -0.15) is 0 Å². The molecule has 1 amide bonds. The Morgan fingerprint density at radius 3 is 2.55 bits per heavy atom. The van der Waals surface area contributed by atoms with Gasteiger partial charge in [0.25, 0.3) is 0 Å². The molecule has 2 heterocycles. The maximum atomic E-state index is 12.6. The van der Waals surface area contributed by atoms with Gasteiger partial charge in [0.15, 0.2) is 9.84 Å². The van der Waals surface area contributed by atoms with Crippen molar-refractivity contribution in [1.29, 1.82) is 0 Å². The Morgan fingerprint density at radius 1 is 1.15 bits per heavy atom. The number of nitrogens with zero attached hydrogens (tertiary/aromatic N) is 1. The van der Waals surface area contributed by atoms with Crippen molar-refractivity contribution in [2.24, 2.45) is 5.92 Å². The van der Waals surface area contributed by atoms with Crippen LogP contribution in [-0.2, 0) is 14.6 Å². The third-order valence-electron chi connectivity index (χ3n) is 4.30. The van der Waals surface area contributed by atoms with E-state index < -0.39 is 9.84 Å². The van der Waals surface area contributed by atoms with Crippen molar-refractivity contribution in [2.45, 2.75) is 25.3 Å². The summed E-state index contributed by atoms with van der Waals surface area (Å²) in [5, 5.41) is 0. The first-order valence-corrected chi connectivity index (χ1v) is 8.95. The maximum absolute atomic E-state index is 12.6. The van der Waals surface area contributed by atoms with Crippen LogP contribution >= 0.6 is 0 Å². The second kappa shape index (κ2) is 5.20. The summed E-state index contributed by atoms with van der Waals surface area (Å²) in [4.78, 5) is 14.5. The summed E-state index contributed by atoms with van der Waals surface area (Å²) in [6.07, 6.45) is 2.44. The average molecular weight is 293 g/mol. The lowest BCUT2D eigenvalue weighted by Crippen LogP contribution is -2.36. The highest BCUT2D eigenvalue weighted by atomic mass is 32.2. The first-order valence-electron chi connectivity index (χ1n) is 7.13. The first kappa shape index (κ1) is 13.6. The summed E-state index contributed by atoms with van der Waals surface area (Å²) < 4.78 is 23.1. The van der Waals surface area contributed by atoms with E-state index in [1.165, 1.54) is 0 Å². The highest BCUT2D eigenvalue weighted by Gasteiger charge is 2.39. The van der Waals surface area contributed by atoms with Crippen LogP contribution in [-0.4, -0.2) is 37.3 Å². The van der Waals surface area contributed by atoms with Crippen molar-refractivity contribution in [3.63, 3.8) is 0 Å². The number of hydrogen-bond acceptors (Lipinski definition) is 3. The summed E-state index contributed by atoms with van der Waals surface area (Å²) >= 11 is 0. The van der Waals surface area contributed by atoms with Crippen LogP contribution in [0.25, 0.3) is 0 Å². The summed E-state index contributed by atoms with van der Waals surface area (Å²) in [6, 6.07) is 10.1. The monoisotopic (exact) mass is 293 g/mol. The second-order valence-corrected chi connectivity index (χ2v) is 7.93. The maximum Gasteiger partial charge on any atom is 0.227 e. The van der Waals surface area contributed by atoms with Gasteiger partial charge in [-0.25, -0.2) is 8.42 Å². The standard InChI is InChI=1S/C15H19NO3S/c17-15(13-8-10-20(18,19)11-13)16-9-4-7-14(16)12-5-2-1-3-6-12/h1-3,5-6,13-14H,4,7-11H2/t13-,14+/m1/s1. The summed E-state index contributed by atoms with van der Waals surface area (Å²) in [5.41, 5.74) is 1.15. The summed E-state index contributed by atoms with van der Waals surface area (Å²) in [6.45, 7) is 0.745. The van der Waals surface area contributed by atoms with E-state index in [2.05, 4.69) is 0 Å². The number of likely N-dealkylation sites (tertiary alicyclic amines) is 1. The molecule has 0 unspecified atom stereocenters. The molecular weight excluding hydrogens is 274 g/mol. The molecule has 1 aromatic rings. The molecule has 5 heteroatoms. The Bertz CT molecular complexity index is 597. The van der Waals surface area contributed by atoms with Gasteiger partial charge in [-0.1, -0.05) is 30.3 Å². The number of sulfone groups is 1. The van der Waals surface area contributed by atoms with Gasteiger partial charge >= 0.3 is 0 Å². The molecule has 2 aliphatic heterocycles. The Hall–Kier alpha value is -1.36. The number of amides is 1. The smallest absolute Gasteiger partial charge is 0.227 e. The quantitative estimate of drug-likeness (QED) is 0.835. The van der Waals surface area contributed by atoms with Gasteiger partial charge < -0.3 is 4.90 Å². The van der Waals surface area contributed by atoms with Crippen LogP contribution in [0, 0.1) is 5.92 Å². The van der Waals surface area contributed by atoms with E-state index in [4.69, 9.17) is 0 Å².